The molecule has 0 aromatic heterocycles. The van der Waals surface area contributed by atoms with E-state index in [1.54, 1.807) is 30.4 Å². The van der Waals surface area contributed by atoms with Crippen LogP contribution in [-0.4, -0.2) is 50.0 Å². The number of amides is 1. The van der Waals surface area contributed by atoms with E-state index in [0.29, 0.717) is 12.2 Å². The van der Waals surface area contributed by atoms with Crippen molar-refractivity contribution in [1.82, 2.24) is 10.0 Å². The van der Waals surface area contributed by atoms with Gasteiger partial charge >= 0.3 is 5.97 Å². The number of aliphatic carboxylic acids is 1. The van der Waals surface area contributed by atoms with E-state index in [0.717, 1.165) is 25.7 Å². The number of carboxylic acid groups (broad SMARTS) is 1. The van der Waals surface area contributed by atoms with E-state index in [1.807, 2.05) is 6.92 Å². The molecule has 0 aliphatic heterocycles. The summed E-state index contributed by atoms with van der Waals surface area (Å²) in [6.45, 7) is 12.1. The van der Waals surface area contributed by atoms with Gasteiger partial charge in [0.05, 0.1) is 4.90 Å². The fraction of sp³-hybridized carbons (Fsp3) is 0.516. The monoisotopic (exact) mass is 590 g/mol. The predicted molar refractivity (Wildman–Crippen MR) is 167 cm³/mol. The van der Waals surface area contributed by atoms with Crippen molar-refractivity contribution < 1.29 is 23.7 Å². The van der Waals surface area contributed by atoms with Gasteiger partial charge in [-0.25, -0.2) is 18.5 Å². The standard InChI is InChI=1S/C31H46N2O5S2/c1-7-26(6)29(33-40(38,22-34)27-17-9-8-10-18-27)30(35)32-28(31(36)37)21-39-20-19-25(5)16-12-15-24(4)14-11-13-23(2)3/h8-10,13,15,17-19,26,28-29H,7,11-12,14,16,20-21H2,1-6H3,(H,32,35)(H,33,38)(H,36,37)/b24-15+,25-19+/t26-,28-,29-,40?/m0/s1. The molecule has 1 amide bonds. The fourth-order valence-electron chi connectivity index (χ4n) is 3.76. The Labute approximate surface area is 245 Å². The summed E-state index contributed by atoms with van der Waals surface area (Å²) in [5.74, 6) is -1.27. The number of rotatable bonds is 18. The average molecular weight is 591 g/mol. The molecule has 0 aliphatic rings. The first kappa shape index (κ1) is 35.4. The number of thioether (sulfide) groups is 1. The summed E-state index contributed by atoms with van der Waals surface area (Å²) in [4.78, 5) is 37.0. The minimum absolute atomic E-state index is 0.176. The second kappa shape index (κ2) is 18.7. The molecule has 40 heavy (non-hydrogen) atoms. The van der Waals surface area contributed by atoms with E-state index in [2.05, 4.69) is 56.0 Å². The Morgan fingerprint density at radius 1 is 1.02 bits per heavy atom. The van der Waals surface area contributed by atoms with Gasteiger partial charge in [-0.3, -0.25) is 4.79 Å². The fourth-order valence-corrected chi connectivity index (χ4v) is 6.27. The molecule has 0 bridgehead atoms. The van der Waals surface area contributed by atoms with Crippen molar-refractivity contribution >= 4 is 38.6 Å². The van der Waals surface area contributed by atoms with Crippen molar-refractivity contribution in [3.05, 3.63) is 65.3 Å². The van der Waals surface area contributed by atoms with Gasteiger partial charge < -0.3 is 10.4 Å². The van der Waals surface area contributed by atoms with Crippen molar-refractivity contribution in [2.24, 2.45) is 5.92 Å². The number of carbonyl (C=O) groups excluding carboxylic acids is 2. The van der Waals surface area contributed by atoms with Crippen LogP contribution in [0.4, 0.5) is 0 Å². The zero-order chi connectivity index (χ0) is 30.1. The highest BCUT2D eigenvalue weighted by Crippen LogP contribution is 2.16. The maximum absolute atomic E-state index is 13.3. The number of carboxylic acids is 1. The number of nitrogens with one attached hydrogen (secondary N) is 2. The van der Waals surface area contributed by atoms with Crippen molar-refractivity contribution in [3.63, 3.8) is 0 Å². The zero-order valence-electron chi connectivity index (χ0n) is 24.7. The molecule has 1 aromatic rings. The maximum Gasteiger partial charge on any atom is 0.327 e. The van der Waals surface area contributed by atoms with Crippen molar-refractivity contribution in [2.75, 3.05) is 11.5 Å². The number of allylic oxidation sites excluding steroid dienone is 5. The van der Waals surface area contributed by atoms with Crippen LogP contribution in [0.1, 0.15) is 73.6 Å². The molecule has 3 N–H and O–H groups in total. The lowest BCUT2D eigenvalue weighted by Crippen LogP contribution is -2.54. The SMILES string of the molecule is CC[C@H](C)[C@H](NS(=O)(=C=O)c1ccccc1)C(=O)N[C@@H](CSC/C=C(\C)CC/C=C(\C)CCC=C(C)C)C(=O)O. The normalized spacial score (nSPS) is 15.8. The smallest absolute Gasteiger partial charge is 0.327 e. The Hall–Kier alpha value is -2.58. The summed E-state index contributed by atoms with van der Waals surface area (Å²) < 4.78 is 16.0. The summed E-state index contributed by atoms with van der Waals surface area (Å²) in [6, 6.07) is 5.91. The molecule has 0 fully saturated rings. The third kappa shape index (κ3) is 13.2. The first-order valence-electron chi connectivity index (χ1n) is 13.7. The van der Waals surface area contributed by atoms with Crippen LogP contribution in [0.5, 0.6) is 0 Å². The summed E-state index contributed by atoms with van der Waals surface area (Å²) in [7, 11) is -3.50. The molecule has 0 saturated heterocycles. The van der Waals surface area contributed by atoms with Gasteiger partial charge in [0.1, 0.15) is 21.8 Å². The minimum Gasteiger partial charge on any atom is -0.480 e. The highest BCUT2D eigenvalue weighted by atomic mass is 32.2. The zero-order valence-corrected chi connectivity index (χ0v) is 26.3. The largest absolute Gasteiger partial charge is 0.480 e. The Morgan fingerprint density at radius 2 is 1.62 bits per heavy atom. The second-order valence-corrected chi connectivity index (χ2v) is 13.4. The van der Waals surface area contributed by atoms with E-state index >= 15 is 0 Å². The molecule has 0 aliphatic carbocycles. The molecule has 0 heterocycles. The van der Waals surface area contributed by atoms with Gasteiger partial charge in [-0.2, -0.15) is 11.8 Å². The quantitative estimate of drug-likeness (QED) is 0.109. The minimum atomic E-state index is -3.50. The summed E-state index contributed by atoms with van der Waals surface area (Å²) in [6.07, 6.45) is 11.2. The first-order chi connectivity index (χ1) is 18.9. The van der Waals surface area contributed by atoms with Gasteiger partial charge in [-0.15, -0.1) is 0 Å². The van der Waals surface area contributed by atoms with Crippen molar-refractivity contribution in [2.45, 2.75) is 90.6 Å². The molecule has 9 heteroatoms. The molecule has 1 aromatic carbocycles. The molecule has 0 saturated carbocycles. The van der Waals surface area contributed by atoms with E-state index in [9.17, 15) is 23.7 Å². The first-order valence-corrected chi connectivity index (χ1v) is 16.5. The van der Waals surface area contributed by atoms with Crippen LogP contribution in [0, 0.1) is 5.92 Å². The van der Waals surface area contributed by atoms with Gasteiger partial charge in [0.25, 0.3) is 0 Å². The van der Waals surface area contributed by atoms with Crippen LogP contribution >= 0.6 is 11.8 Å². The highest BCUT2D eigenvalue weighted by Gasteiger charge is 2.31. The Morgan fingerprint density at radius 3 is 2.17 bits per heavy atom. The van der Waals surface area contributed by atoms with Crippen LogP contribution < -0.4 is 10.0 Å². The van der Waals surface area contributed by atoms with Gasteiger partial charge in [-0.1, -0.05) is 73.4 Å². The van der Waals surface area contributed by atoms with Gasteiger partial charge in [0.2, 0.25) is 11.1 Å². The Bertz CT molecular complexity index is 1190. The molecule has 1 rings (SSSR count). The van der Waals surface area contributed by atoms with E-state index < -0.39 is 33.7 Å². The van der Waals surface area contributed by atoms with Crippen LogP contribution in [0.3, 0.4) is 0 Å². The summed E-state index contributed by atoms with van der Waals surface area (Å²) in [5.41, 5.74) is 3.96. The third-order valence-electron chi connectivity index (χ3n) is 6.55. The van der Waals surface area contributed by atoms with Gasteiger partial charge in [0, 0.05) is 11.5 Å². The highest BCUT2D eigenvalue weighted by molar-refractivity contribution is 7.99. The van der Waals surface area contributed by atoms with Crippen LogP contribution in [0.2, 0.25) is 0 Å². The van der Waals surface area contributed by atoms with Crippen molar-refractivity contribution in [3.8, 4) is 0 Å². The Kier molecular flexibility index (Phi) is 16.6. The van der Waals surface area contributed by atoms with Crippen LogP contribution in [0.15, 0.2) is 70.2 Å². The molecule has 7 nitrogen and oxygen atoms in total. The van der Waals surface area contributed by atoms with Crippen LogP contribution in [0.25, 0.3) is 0 Å². The topological polar surface area (TPSA) is 113 Å². The lowest BCUT2D eigenvalue weighted by atomic mass is 9.99. The predicted octanol–water partition coefficient (Wildman–Crippen LogP) is 6.04. The van der Waals surface area contributed by atoms with Gasteiger partial charge in [0.15, 0.2) is 0 Å². The number of hydrogen-bond donors (Lipinski definition) is 3. The Balaban J connectivity index is 2.73. The molecule has 0 spiro atoms. The molecular formula is C31H46N2O5S2. The van der Waals surface area contributed by atoms with Crippen LogP contribution in [-0.2, 0) is 24.1 Å². The lowest BCUT2D eigenvalue weighted by molar-refractivity contribution is -0.141. The van der Waals surface area contributed by atoms with E-state index in [4.69, 9.17) is 0 Å². The summed E-state index contributed by atoms with van der Waals surface area (Å²) in [5, 5.41) is 13.9. The van der Waals surface area contributed by atoms with E-state index in [1.165, 1.54) is 40.6 Å². The molecule has 222 valence electrons. The molecule has 0 radical (unpaired) electrons. The van der Waals surface area contributed by atoms with Crippen molar-refractivity contribution in [1.29, 1.82) is 0 Å². The molecule has 1 unspecified atom stereocenters. The number of hydrogen-bond acceptors (Lipinski definition) is 5. The average Bonchev–Trinajstić information content (AvgIpc) is 2.92. The molecule has 4 atom stereocenters. The second-order valence-electron chi connectivity index (χ2n) is 10.3. The molecular weight excluding hydrogens is 544 g/mol. The lowest BCUT2D eigenvalue weighted by Gasteiger charge is -2.26. The maximum atomic E-state index is 13.3. The van der Waals surface area contributed by atoms with Gasteiger partial charge in [-0.05, 0) is 71.4 Å². The number of benzene rings is 1. The van der Waals surface area contributed by atoms with E-state index in [-0.39, 0.29) is 16.6 Å². The summed E-state index contributed by atoms with van der Waals surface area (Å²) >= 11 is 1.42. The number of carbonyl (C=O) groups is 2. The third-order valence-corrected chi connectivity index (χ3v) is 9.28.